The largest absolute Gasteiger partial charge is 0.375 e. The van der Waals surface area contributed by atoms with Crippen LogP contribution < -0.4 is 11.5 Å². The summed E-state index contributed by atoms with van der Waals surface area (Å²) >= 11 is 1.56. The molecular formula is C12H15N3S. The summed E-state index contributed by atoms with van der Waals surface area (Å²) in [7, 11) is 0. The van der Waals surface area contributed by atoms with E-state index in [9.17, 15) is 0 Å². The molecule has 4 heteroatoms. The van der Waals surface area contributed by atoms with Crippen molar-refractivity contribution < 1.29 is 0 Å². The highest BCUT2D eigenvalue weighted by molar-refractivity contribution is 7.15. The number of benzene rings is 1. The molecule has 0 bridgehead atoms. The third-order valence-corrected chi connectivity index (χ3v) is 3.50. The summed E-state index contributed by atoms with van der Waals surface area (Å²) in [6.45, 7) is 2.66. The lowest BCUT2D eigenvalue weighted by molar-refractivity contribution is 1.07. The van der Waals surface area contributed by atoms with Crippen molar-refractivity contribution in [2.75, 3.05) is 5.73 Å². The van der Waals surface area contributed by atoms with Gasteiger partial charge in [0.15, 0.2) is 5.13 Å². The van der Waals surface area contributed by atoms with Crippen LogP contribution in [0.3, 0.4) is 0 Å². The van der Waals surface area contributed by atoms with Crippen LogP contribution in [0.15, 0.2) is 24.3 Å². The van der Waals surface area contributed by atoms with Gasteiger partial charge in [0.25, 0.3) is 0 Å². The van der Waals surface area contributed by atoms with E-state index in [1.165, 1.54) is 4.88 Å². The molecule has 0 radical (unpaired) electrons. The van der Waals surface area contributed by atoms with Crippen molar-refractivity contribution in [3.8, 4) is 11.3 Å². The molecule has 1 aromatic carbocycles. The standard InChI is InChI=1S/C12H15N3S/c1-2-10-11(15-12(14)16-10)9-5-3-4-8(6-9)7-13/h3-6H,2,7,13H2,1H3,(H2,14,15). The summed E-state index contributed by atoms with van der Waals surface area (Å²) in [6.07, 6.45) is 0.955. The molecule has 0 fully saturated rings. The van der Waals surface area contributed by atoms with Gasteiger partial charge in [-0.25, -0.2) is 4.98 Å². The van der Waals surface area contributed by atoms with Crippen molar-refractivity contribution >= 4 is 16.5 Å². The molecule has 0 spiro atoms. The molecule has 0 aliphatic heterocycles. The Morgan fingerprint density at radius 1 is 1.38 bits per heavy atom. The first-order chi connectivity index (χ1) is 7.74. The molecule has 0 saturated carbocycles. The van der Waals surface area contributed by atoms with Crippen LogP contribution in [0.25, 0.3) is 11.3 Å². The van der Waals surface area contributed by atoms with Crippen molar-refractivity contribution in [3.05, 3.63) is 34.7 Å². The third kappa shape index (κ3) is 2.08. The SMILES string of the molecule is CCc1sc(N)nc1-c1cccc(CN)c1. The van der Waals surface area contributed by atoms with Gasteiger partial charge in [-0.3, -0.25) is 0 Å². The second-order valence-electron chi connectivity index (χ2n) is 3.58. The maximum Gasteiger partial charge on any atom is 0.180 e. The van der Waals surface area contributed by atoms with Gasteiger partial charge in [-0.1, -0.05) is 25.1 Å². The topological polar surface area (TPSA) is 64.9 Å². The lowest BCUT2D eigenvalue weighted by Crippen LogP contribution is -1.96. The first-order valence-electron chi connectivity index (χ1n) is 5.29. The second kappa shape index (κ2) is 4.63. The highest BCUT2D eigenvalue weighted by Crippen LogP contribution is 2.30. The fraction of sp³-hybridized carbons (Fsp3) is 0.250. The Balaban J connectivity index is 2.48. The van der Waals surface area contributed by atoms with Crippen LogP contribution in [-0.4, -0.2) is 4.98 Å². The molecule has 2 rings (SSSR count). The molecule has 0 aliphatic rings. The highest BCUT2D eigenvalue weighted by atomic mass is 32.1. The van der Waals surface area contributed by atoms with E-state index in [1.807, 2.05) is 18.2 Å². The molecule has 1 heterocycles. The van der Waals surface area contributed by atoms with Gasteiger partial charge < -0.3 is 11.5 Å². The van der Waals surface area contributed by atoms with Crippen LogP contribution in [0, 0.1) is 0 Å². The summed E-state index contributed by atoms with van der Waals surface area (Å²) in [5.74, 6) is 0. The number of anilines is 1. The summed E-state index contributed by atoms with van der Waals surface area (Å²) < 4.78 is 0. The van der Waals surface area contributed by atoms with Gasteiger partial charge in [0.05, 0.1) is 5.69 Å². The minimum absolute atomic E-state index is 0.551. The number of nitrogen functional groups attached to an aromatic ring is 1. The smallest absolute Gasteiger partial charge is 0.180 e. The average Bonchev–Trinajstić information content (AvgIpc) is 2.70. The number of thiazole rings is 1. The molecule has 0 atom stereocenters. The molecular weight excluding hydrogens is 218 g/mol. The quantitative estimate of drug-likeness (QED) is 0.855. The summed E-state index contributed by atoms with van der Waals surface area (Å²) in [4.78, 5) is 5.61. The van der Waals surface area contributed by atoms with E-state index < -0.39 is 0 Å². The van der Waals surface area contributed by atoms with Gasteiger partial charge in [0.2, 0.25) is 0 Å². The van der Waals surface area contributed by atoms with Crippen LogP contribution in [0.4, 0.5) is 5.13 Å². The van der Waals surface area contributed by atoms with E-state index in [2.05, 4.69) is 18.0 Å². The Bertz CT molecular complexity index is 491. The van der Waals surface area contributed by atoms with E-state index in [-0.39, 0.29) is 0 Å². The molecule has 4 N–H and O–H groups in total. The molecule has 0 aliphatic carbocycles. The zero-order valence-electron chi connectivity index (χ0n) is 9.23. The monoisotopic (exact) mass is 233 g/mol. The van der Waals surface area contributed by atoms with Crippen molar-refractivity contribution in [2.24, 2.45) is 5.73 Å². The average molecular weight is 233 g/mol. The normalized spacial score (nSPS) is 10.6. The molecule has 2 aromatic rings. The first-order valence-corrected chi connectivity index (χ1v) is 6.10. The van der Waals surface area contributed by atoms with E-state index >= 15 is 0 Å². The Hall–Kier alpha value is -1.39. The van der Waals surface area contributed by atoms with Crippen molar-refractivity contribution in [1.29, 1.82) is 0 Å². The van der Waals surface area contributed by atoms with Crippen molar-refractivity contribution in [2.45, 2.75) is 19.9 Å². The van der Waals surface area contributed by atoms with E-state index in [4.69, 9.17) is 11.5 Å². The van der Waals surface area contributed by atoms with Crippen LogP contribution in [0.2, 0.25) is 0 Å². The summed E-state index contributed by atoms with van der Waals surface area (Å²) in [6, 6.07) is 8.15. The summed E-state index contributed by atoms with van der Waals surface area (Å²) in [5.41, 5.74) is 14.6. The van der Waals surface area contributed by atoms with Crippen LogP contribution in [0.5, 0.6) is 0 Å². The Morgan fingerprint density at radius 3 is 2.88 bits per heavy atom. The first kappa shape index (κ1) is 11.1. The molecule has 16 heavy (non-hydrogen) atoms. The van der Waals surface area contributed by atoms with Gasteiger partial charge in [-0.2, -0.15) is 0 Å². The second-order valence-corrected chi connectivity index (χ2v) is 4.70. The Morgan fingerprint density at radius 2 is 2.19 bits per heavy atom. The number of nitrogens with zero attached hydrogens (tertiary/aromatic N) is 1. The maximum absolute atomic E-state index is 5.75. The van der Waals surface area contributed by atoms with Crippen molar-refractivity contribution in [1.82, 2.24) is 4.98 Å². The maximum atomic E-state index is 5.75. The highest BCUT2D eigenvalue weighted by Gasteiger charge is 2.10. The van der Waals surface area contributed by atoms with Crippen LogP contribution >= 0.6 is 11.3 Å². The molecule has 84 valence electrons. The number of aryl methyl sites for hydroxylation is 1. The predicted octanol–water partition coefficient (Wildman–Crippen LogP) is 2.41. The minimum Gasteiger partial charge on any atom is -0.375 e. The fourth-order valence-electron chi connectivity index (χ4n) is 1.68. The number of nitrogens with two attached hydrogens (primary N) is 2. The molecule has 3 nitrogen and oxygen atoms in total. The van der Waals surface area contributed by atoms with Gasteiger partial charge >= 0.3 is 0 Å². The summed E-state index contributed by atoms with van der Waals surface area (Å²) in [5, 5.41) is 0.630. The Labute approximate surface area is 99.1 Å². The lowest BCUT2D eigenvalue weighted by Gasteiger charge is -2.02. The Kier molecular flexibility index (Phi) is 3.22. The van der Waals surface area contributed by atoms with E-state index in [1.54, 1.807) is 11.3 Å². The lowest BCUT2D eigenvalue weighted by atomic mass is 10.1. The third-order valence-electron chi connectivity index (χ3n) is 2.47. The number of aromatic nitrogens is 1. The molecule has 0 unspecified atom stereocenters. The van der Waals surface area contributed by atoms with E-state index in [0.29, 0.717) is 11.7 Å². The van der Waals surface area contributed by atoms with Gasteiger partial charge in [0.1, 0.15) is 0 Å². The fourth-order valence-corrected chi connectivity index (χ4v) is 2.47. The van der Waals surface area contributed by atoms with Crippen molar-refractivity contribution in [3.63, 3.8) is 0 Å². The van der Waals surface area contributed by atoms with Crippen LogP contribution in [-0.2, 0) is 13.0 Å². The van der Waals surface area contributed by atoms with Gasteiger partial charge in [-0.15, -0.1) is 11.3 Å². The van der Waals surface area contributed by atoms with E-state index in [0.717, 1.165) is 23.2 Å². The minimum atomic E-state index is 0.551. The number of hydrogen-bond donors (Lipinski definition) is 2. The van der Waals surface area contributed by atoms with Crippen LogP contribution in [0.1, 0.15) is 17.4 Å². The zero-order valence-corrected chi connectivity index (χ0v) is 10.1. The predicted molar refractivity (Wildman–Crippen MR) is 69.2 cm³/mol. The molecule has 0 saturated heterocycles. The molecule has 1 aromatic heterocycles. The number of hydrogen-bond acceptors (Lipinski definition) is 4. The molecule has 0 amide bonds. The number of rotatable bonds is 3. The van der Waals surface area contributed by atoms with Gasteiger partial charge in [-0.05, 0) is 18.1 Å². The zero-order chi connectivity index (χ0) is 11.5. The van der Waals surface area contributed by atoms with Gasteiger partial charge in [0, 0.05) is 17.0 Å².